The first-order chi connectivity index (χ1) is 11.6. The summed E-state index contributed by atoms with van der Waals surface area (Å²) >= 11 is 0. The van der Waals surface area contributed by atoms with E-state index in [1.165, 1.54) is 30.4 Å². The largest absolute Gasteiger partial charge is 0.508 e. The number of nitrogens with zero attached hydrogens (tertiary/aromatic N) is 1. The molecule has 2 aromatic carbocycles. The number of hydrogen-bond donors (Lipinski definition) is 2. The predicted molar refractivity (Wildman–Crippen MR) is 100 cm³/mol. The fourth-order valence-electron chi connectivity index (χ4n) is 4.02. The van der Waals surface area contributed by atoms with Crippen LogP contribution in [0, 0.1) is 0 Å². The van der Waals surface area contributed by atoms with Crippen molar-refractivity contribution in [1.82, 2.24) is 4.90 Å². The van der Waals surface area contributed by atoms with E-state index in [2.05, 4.69) is 30.0 Å². The Morgan fingerprint density at radius 2 is 1.96 bits per heavy atom. The second-order valence-corrected chi connectivity index (χ2v) is 7.10. The standard InChI is InChI=1S/C21H28N2O/c1-2-11-21(18-4-3-5-20(24)15-18)12-14-23(16-21)13-10-17-6-8-19(22)9-7-17/h3-9,15,24H,2,10-14,16,22H2,1H3/t21-/m0/s1. The van der Waals surface area contributed by atoms with Crippen LogP contribution in [0.15, 0.2) is 48.5 Å². The first kappa shape index (κ1) is 16.8. The van der Waals surface area contributed by atoms with Crippen molar-refractivity contribution in [2.75, 3.05) is 25.4 Å². The Hall–Kier alpha value is -2.00. The van der Waals surface area contributed by atoms with Gasteiger partial charge in [-0.2, -0.15) is 0 Å². The van der Waals surface area contributed by atoms with Gasteiger partial charge in [0.2, 0.25) is 0 Å². The number of likely N-dealkylation sites (tertiary alicyclic amines) is 1. The van der Waals surface area contributed by atoms with Crippen molar-refractivity contribution in [3.63, 3.8) is 0 Å². The molecule has 3 nitrogen and oxygen atoms in total. The summed E-state index contributed by atoms with van der Waals surface area (Å²) in [5, 5.41) is 9.87. The van der Waals surface area contributed by atoms with Crippen LogP contribution in [0.5, 0.6) is 5.75 Å². The fraction of sp³-hybridized carbons (Fsp3) is 0.429. The molecule has 0 spiro atoms. The lowest BCUT2D eigenvalue weighted by atomic mass is 9.76. The lowest BCUT2D eigenvalue weighted by Crippen LogP contribution is -2.32. The molecule has 0 amide bonds. The van der Waals surface area contributed by atoms with Crippen LogP contribution in [0.3, 0.4) is 0 Å². The molecule has 1 aliphatic heterocycles. The number of benzene rings is 2. The maximum absolute atomic E-state index is 9.87. The van der Waals surface area contributed by atoms with Crippen molar-refractivity contribution in [2.45, 2.75) is 38.0 Å². The maximum atomic E-state index is 9.87. The highest BCUT2D eigenvalue weighted by atomic mass is 16.3. The molecule has 3 N–H and O–H groups in total. The lowest BCUT2D eigenvalue weighted by molar-refractivity contribution is 0.304. The molecule has 0 aliphatic carbocycles. The molecule has 0 aromatic heterocycles. The Labute approximate surface area is 145 Å². The Balaban J connectivity index is 1.67. The van der Waals surface area contributed by atoms with Crippen molar-refractivity contribution >= 4 is 5.69 Å². The van der Waals surface area contributed by atoms with Crippen LogP contribution in [0.2, 0.25) is 0 Å². The van der Waals surface area contributed by atoms with Crippen LogP contribution < -0.4 is 5.73 Å². The molecule has 1 fully saturated rings. The topological polar surface area (TPSA) is 49.5 Å². The summed E-state index contributed by atoms with van der Waals surface area (Å²) in [6.07, 6.45) is 4.57. The molecular weight excluding hydrogens is 296 g/mol. The van der Waals surface area contributed by atoms with E-state index in [4.69, 9.17) is 5.73 Å². The van der Waals surface area contributed by atoms with E-state index in [0.717, 1.165) is 31.7 Å². The van der Waals surface area contributed by atoms with Gasteiger partial charge in [0.25, 0.3) is 0 Å². The zero-order valence-corrected chi connectivity index (χ0v) is 14.5. The van der Waals surface area contributed by atoms with Crippen LogP contribution >= 0.6 is 0 Å². The van der Waals surface area contributed by atoms with Crippen LogP contribution in [0.1, 0.15) is 37.3 Å². The maximum Gasteiger partial charge on any atom is 0.115 e. The van der Waals surface area contributed by atoms with E-state index in [0.29, 0.717) is 5.75 Å². The van der Waals surface area contributed by atoms with E-state index in [1.54, 1.807) is 6.07 Å². The molecule has 1 heterocycles. The van der Waals surface area contributed by atoms with Gasteiger partial charge in [-0.25, -0.2) is 0 Å². The van der Waals surface area contributed by atoms with Crippen molar-refractivity contribution in [1.29, 1.82) is 0 Å². The van der Waals surface area contributed by atoms with Gasteiger partial charge >= 0.3 is 0 Å². The van der Waals surface area contributed by atoms with Crippen molar-refractivity contribution in [2.24, 2.45) is 0 Å². The quantitative estimate of drug-likeness (QED) is 0.791. The SMILES string of the molecule is CCC[C@]1(c2cccc(O)c2)CCN(CCc2ccc(N)cc2)C1. The molecule has 128 valence electrons. The summed E-state index contributed by atoms with van der Waals surface area (Å²) in [5.74, 6) is 0.378. The Morgan fingerprint density at radius 3 is 2.67 bits per heavy atom. The number of phenolic OH excluding ortho intramolecular Hbond substituents is 1. The summed E-state index contributed by atoms with van der Waals surface area (Å²) in [6.45, 7) is 5.54. The first-order valence-electron chi connectivity index (χ1n) is 8.98. The zero-order valence-electron chi connectivity index (χ0n) is 14.5. The molecule has 0 bridgehead atoms. The number of rotatable bonds is 6. The highest BCUT2D eigenvalue weighted by Crippen LogP contribution is 2.39. The van der Waals surface area contributed by atoms with Gasteiger partial charge in [-0.15, -0.1) is 0 Å². The zero-order chi connectivity index (χ0) is 17.0. The molecule has 0 saturated carbocycles. The third kappa shape index (κ3) is 3.73. The summed E-state index contributed by atoms with van der Waals surface area (Å²) in [6, 6.07) is 16.1. The van der Waals surface area contributed by atoms with Gasteiger partial charge < -0.3 is 15.7 Å². The summed E-state index contributed by atoms with van der Waals surface area (Å²) in [7, 11) is 0. The molecule has 1 saturated heterocycles. The van der Waals surface area contributed by atoms with Gasteiger partial charge in [0.15, 0.2) is 0 Å². The van der Waals surface area contributed by atoms with E-state index in [9.17, 15) is 5.11 Å². The summed E-state index contributed by atoms with van der Waals surface area (Å²) in [4.78, 5) is 2.57. The fourth-order valence-corrected chi connectivity index (χ4v) is 4.02. The normalized spacial score (nSPS) is 21.2. The average molecular weight is 324 g/mol. The first-order valence-corrected chi connectivity index (χ1v) is 8.98. The van der Waals surface area contributed by atoms with E-state index < -0.39 is 0 Å². The molecule has 1 aliphatic rings. The predicted octanol–water partition coefficient (Wildman–Crippen LogP) is 3.96. The second kappa shape index (κ2) is 7.27. The third-order valence-corrected chi connectivity index (χ3v) is 5.32. The van der Waals surface area contributed by atoms with Gasteiger partial charge in [0, 0.05) is 24.2 Å². The van der Waals surface area contributed by atoms with Gasteiger partial charge in [0.05, 0.1) is 0 Å². The number of hydrogen-bond acceptors (Lipinski definition) is 3. The van der Waals surface area contributed by atoms with Crippen LogP contribution in [0.25, 0.3) is 0 Å². The van der Waals surface area contributed by atoms with Gasteiger partial charge in [0.1, 0.15) is 5.75 Å². The number of aromatic hydroxyl groups is 1. The molecule has 1 atom stereocenters. The number of anilines is 1. The van der Waals surface area contributed by atoms with Crippen molar-refractivity contribution in [3.8, 4) is 5.75 Å². The van der Waals surface area contributed by atoms with Gasteiger partial charge in [-0.05, 0) is 61.2 Å². The van der Waals surface area contributed by atoms with Crippen molar-refractivity contribution in [3.05, 3.63) is 59.7 Å². The highest BCUT2D eigenvalue weighted by Gasteiger charge is 2.38. The van der Waals surface area contributed by atoms with E-state index >= 15 is 0 Å². The number of phenols is 1. The minimum Gasteiger partial charge on any atom is -0.508 e. The Morgan fingerprint density at radius 1 is 1.17 bits per heavy atom. The lowest BCUT2D eigenvalue weighted by Gasteiger charge is -2.30. The Bertz CT molecular complexity index is 668. The van der Waals surface area contributed by atoms with E-state index in [1.807, 2.05) is 24.3 Å². The molecule has 24 heavy (non-hydrogen) atoms. The number of nitrogens with two attached hydrogens (primary N) is 1. The van der Waals surface area contributed by atoms with Crippen LogP contribution in [-0.4, -0.2) is 29.6 Å². The molecule has 2 aromatic rings. The smallest absolute Gasteiger partial charge is 0.115 e. The second-order valence-electron chi connectivity index (χ2n) is 7.10. The average Bonchev–Trinajstić information content (AvgIpc) is 2.99. The summed E-state index contributed by atoms with van der Waals surface area (Å²) < 4.78 is 0. The molecule has 0 radical (unpaired) electrons. The Kier molecular flexibility index (Phi) is 5.10. The van der Waals surface area contributed by atoms with Crippen LogP contribution in [-0.2, 0) is 11.8 Å². The van der Waals surface area contributed by atoms with Crippen LogP contribution in [0.4, 0.5) is 5.69 Å². The molecule has 3 rings (SSSR count). The molecule has 0 unspecified atom stereocenters. The summed E-state index contributed by atoms with van der Waals surface area (Å²) in [5.41, 5.74) is 9.41. The molecular formula is C21H28N2O. The minimum atomic E-state index is 0.189. The monoisotopic (exact) mass is 324 g/mol. The van der Waals surface area contributed by atoms with E-state index in [-0.39, 0.29) is 5.41 Å². The molecule has 3 heteroatoms. The van der Waals surface area contributed by atoms with Gasteiger partial charge in [-0.1, -0.05) is 37.6 Å². The highest BCUT2D eigenvalue weighted by molar-refractivity contribution is 5.39. The number of nitrogen functional groups attached to an aromatic ring is 1. The minimum absolute atomic E-state index is 0.189. The third-order valence-electron chi connectivity index (χ3n) is 5.32. The van der Waals surface area contributed by atoms with Crippen molar-refractivity contribution < 1.29 is 5.11 Å². The van der Waals surface area contributed by atoms with Gasteiger partial charge in [-0.3, -0.25) is 0 Å².